The Labute approximate surface area is 135 Å². The van der Waals surface area contributed by atoms with Crippen molar-refractivity contribution < 1.29 is 19.1 Å². The Morgan fingerprint density at radius 2 is 2.30 bits per heavy atom. The molecule has 2 aliphatic rings. The molecule has 0 aliphatic carbocycles. The van der Waals surface area contributed by atoms with Crippen molar-refractivity contribution in [3.63, 3.8) is 0 Å². The van der Waals surface area contributed by atoms with Gasteiger partial charge in [0.15, 0.2) is 0 Å². The summed E-state index contributed by atoms with van der Waals surface area (Å²) in [6.07, 6.45) is 2.56. The van der Waals surface area contributed by atoms with Crippen molar-refractivity contribution in [3.05, 3.63) is 29.8 Å². The first kappa shape index (κ1) is 15.8. The fourth-order valence-electron chi connectivity index (χ4n) is 2.89. The maximum Gasteiger partial charge on any atom is 0.267 e. The molecule has 1 aromatic carbocycles. The summed E-state index contributed by atoms with van der Waals surface area (Å²) in [6.45, 7) is 3.04. The molecule has 2 atom stereocenters. The number of nitrogens with one attached hydrogen (secondary N) is 1. The average Bonchev–Trinajstić information content (AvgIpc) is 3.23. The summed E-state index contributed by atoms with van der Waals surface area (Å²) in [6, 6.07) is 7.59. The average molecular weight is 318 g/mol. The van der Waals surface area contributed by atoms with Gasteiger partial charge in [-0.2, -0.15) is 0 Å². The molecular formula is C17H22N2O4. The number of methoxy groups -OCH3 is 1. The summed E-state index contributed by atoms with van der Waals surface area (Å²) in [5, 5.41) is 7.03. The summed E-state index contributed by atoms with van der Waals surface area (Å²) in [4.78, 5) is 17.9. The zero-order valence-electron chi connectivity index (χ0n) is 13.5. The minimum Gasteiger partial charge on any atom is -0.496 e. The van der Waals surface area contributed by atoms with Crippen molar-refractivity contribution in [1.82, 2.24) is 5.32 Å². The number of para-hydroxylation sites is 1. The molecule has 6 heteroatoms. The first-order valence-electron chi connectivity index (χ1n) is 7.91. The van der Waals surface area contributed by atoms with Crippen LogP contribution >= 0.6 is 0 Å². The zero-order valence-corrected chi connectivity index (χ0v) is 13.5. The third kappa shape index (κ3) is 3.32. The molecule has 1 aromatic rings. The first-order valence-corrected chi connectivity index (χ1v) is 7.91. The van der Waals surface area contributed by atoms with E-state index < -0.39 is 5.60 Å². The summed E-state index contributed by atoms with van der Waals surface area (Å²) in [7, 11) is 1.61. The van der Waals surface area contributed by atoms with E-state index in [1.165, 1.54) is 0 Å². The van der Waals surface area contributed by atoms with E-state index in [-0.39, 0.29) is 12.0 Å². The van der Waals surface area contributed by atoms with E-state index in [4.69, 9.17) is 14.3 Å². The van der Waals surface area contributed by atoms with Gasteiger partial charge in [0.1, 0.15) is 5.75 Å². The highest BCUT2D eigenvalue weighted by atomic mass is 16.7. The van der Waals surface area contributed by atoms with Crippen LogP contribution in [0.5, 0.6) is 5.75 Å². The summed E-state index contributed by atoms with van der Waals surface area (Å²) < 4.78 is 10.9. The lowest BCUT2D eigenvalue weighted by Crippen LogP contribution is -2.46. The molecule has 6 nitrogen and oxygen atoms in total. The smallest absolute Gasteiger partial charge is 0.267 e. The molecule has 1 amide bonds. The fraction of sp³-hybridized carbons (Fsp3) is 0.529. The quantitative estimate of drug-likeness (QED) is 0.900. The van der Waals surface area contributed by atoms with Crippen molar-refractivity contribution in [2.75, 3.05) is 20.3 Å². The molecule has 2 aliphatic heterocycles. The number of benzene rings is 1. The van der Waals surface area contributed by atoms with Crippen LogP contribution in [0.4, 0.5) is 0 Å². The predicted molar refractivity (Wildman–Crippen MR) is 85.6 cm³/mol. The molecule has 0 spiro atoms. The van der Waals surface area contributed by atoms with Gasteiger partial charge in [-0.3, -0.25) is 4.79 Å². The van der Waals surface area contributed by atoms with E-state index in [2.05, 4.69) is 10.5 Å². The van der Waals surface area contributed by atoms with Crippen LogP contribution in [-0.4, -0.2) is 43.6 Å². The molecule has 2 unspecified atom stereocenters. The van der Waals surface area contributed by atoms with Crippen molar-refractivity contribution in [2.45, 2.75) is 37.9 Å². The van der Waals surface area contributed by atoms with Gasteiger partial charge in [0, 0.05) is 25.1 Å². The van der Waals surface area contributed by atoms with Crippen LogP contribution in [0.15, 0.2) is 29.4 Å². The van der Waals surface area contributed by atoms with Gasteiger partial charge >= 0.3 is 0 Å². The molecule has 0 saturated carbocycles. The van der Waals surface area contributed by atoms with Gasteiger partial charge in [-0.25, -0.2) is 0 Å². The van der Waals surface area contributed by atoms with E-state index >= 15 is 0 Å². The highest BCUT2D eigenvalue weighted by Crippen LogP contribution is 2.30. The molecule has 1 fully saturated rings. The number of ether oxygens (including phenoxy) is 2. The molecule has 1 saturated heterocycles. The Hall–Kier alpha value is -2.08. The minimum atomic E-state index is -0.991. The third-order valence-electron chi connectivity index (χ3n) is 4.27. The summed E-state index contributed by atoms with van der Waals surface area (Å²) in [5.41, 5.74) is 0.581. The van der Waals surface area contributed by atoms with Crippen molar-refractivity contribution >= 4 is 11.6 Å². The van der Waals surface area contributed by atoms with Gasteiger partial charge in [0.05, 0.1) is 18.9 Å². The highest BCUT2D eigenvalue weighted by Gasteiger charge is 2.42. The largest absolute Gasteiger partial charge is 0.496 e. The second-order valence-corrected chi connectivity index (χ2v) is 6.08. The Balaban J connectivity index is 1.63. The Kier molecular flexibility index (Phi) is 4.52. The summed E-state index contributed by atoms with van der Waals surface area (Å²) in [5.74, 6) is 0.556. The number of oxime groups is 1. The number of hydrogen-bond donors (Lipinski definition) is 1. The van der Waals surface area contributed by atoms with Gasteiger partial charge in [0.2, 0.25) is 5.60 Å². The van der Waals surface area contributed by atoms with Gasteiger partial charge in [-0.15, -0.1) is 0 Å². The molecule has 0 radical (unpaired) electrons. The topological polar surface area (TPSA) is 69.2 Å². The number of hydrogen-bond acceptors (Lipinski definition) is 5. The van der Waals surface area contributed by atoms with Crippen LogP contribution in [0, 0.1) is 0 Å². The van der Waals surface area contributed by atoms with Gasteiger partial charge < -0.3 is 19.6 Å². The Morgan fingerprint density at radius 1 is 1.48 bits per heavy atom. The van der Waals surface area contributed by atoms with Crippen LogP contribution in [-0.2, 0) is 14.4 Å². The maximum atomic E-state index is 12.5. The lowest BCUT2D eigenvalue weighted by atomic mass is 9.94. The van der Waals surface area contributed by atoms with E-state index in [1.807, 2.05) is 24.3 Å². The normalized spacial score (nSPS) is 26.5. The van der Waals surface area contributed by atoms with Crippen LogP contribution in [0.1, 0.15) is 31.7 Å². The van der Waals surface area contributed by atoms with E-state index in [0.717, 1.165) is 36.5 Å². The van der Waals surface area contributed by atoms with Crippen LogP contribution < -0.4 is 10.1 Å². The number of carbonyl (C=O) groups excluding carboxylic acids is 1. The van der Waals surface area contributed by atoms with Crippen molar-refractivity contribution in [3.8, 4) is 5.75 Å². The molecule has 0 aromatic heterocycles. The SMILES string of the molecule is COc1ccccc1C1=NOC(C)(C(=O)NCC2CCCO2)C1. The molecule has 2 heterocycles. The van der Waals surface area contributed by atoms with E-state index in [9.17, 15) is 4.79 Å². The number of rotatable bonds is 5. The predicted octanol–water partition coefficient (Wildman–Crippen LogP) is 1.87. The van der Waals surface area contributed by atoms with Gasteiger partial charge in [-0.05, 0) is 31.9 Å². The lowest BCUT2D eigenvalue weighted by molar-refractivity contribution is -0.142. The summed E-state index contributed by atoms with van der Waals surface area (Å²) >= 11 is 0. The van der Waals surface area contributed by atoms with Crippen molar-refractivity contribution in [2.24, 2.45) is 5.16 Å². The molecule has 23 heavy (non-hydrogen) atoms. The third-order valence-corrected chi connectivity index (χ3v) is 4.27. The van der Waals surface area contributed by atoms with Gasteiger partial charge in [0.25, 0.3) is 5.91 Å². The zero-order chi connectivity index (χ0) is 16.3. The number of nitrogens with zero attached hydrogens (tertiary/aromatic N) is 1. The van der Waals surface area contributed by atoms with E-state index in [1.54, 1.807) is 14.0 Å². The molecular weight excluding hydrogens is 296 g/mol. The highest BCUT2D eigenvalue weighted by molar-refractivity contribution is 6.07. The second-order valence-electron chi connectivity index (χ2n) is 6.08. The van der Waals surface area contributed by atoms with Crippen LogP contribution in [0.3, 0.4) is 0 Å². The van der Waals surface area contributed by atoms with Crippen LogP contribution in [0.2, 0.25) is 0 Å². The van der Waals surface area contributed by atoms with E-state index in [0.29, 0.717) is 13.0 Å². The molecule has 3 rings (SSSR count). The lowest BCUT2D eigenvalue weighted by Gasteiger charge is -2.21. The number of carbonyl (C=O) groups is 1. The van der Waals surface area contributed by atoms with Crippen LogP contribution in [0.25, 0.3) is 0 Å². The molecule has 1 N–H and O–H groups in total. The monoisotopic (exact) mass is 318 g/mol. The Bertz CT molecular complexity index is 610. The maximum absolute atomic E-state index is 12.5. The van der Waals surface area contributed by atoms with Gasteiger partial charge in [-0.1, -0.05) is 17.3 Å². The second kappa shape index (κ2) is 6.58. The minimum absolute atomic E-state index is 0.110. The molecule has 124 valence electrons. The standard InChI is InChI=1S/C17H22N2O4/c1-17(16(20)18-11-12-6-5-9-22-12)10-14(19-23-17)13-7-3-4-8-15(13)21-2/h3-4,7-8,12H,5-6,9-11H2,1-2H3,(H,18,20). The Morgan fingerprint density at radius 3 is 3.04 bits per heavy atom. The van der Waals surface area contributed by atoms with Crippen molar-refractivity contribution in [1.29, 1.82) is 0 Å². The first-order chi connectivity index (χ1) is 11.1. The fourth-order valence-corrected chi connectivity index (χ4v) is 2.89. The number of amides is 1. The molecule has 0 bridgehead atoms.